The first-order valence-corrected chi connectivity index (χ1v) is 14.4. The van der Waals surface area contributed by atoms with Crippen LogP contribution in [0.2, 0.25) is 0 Å². The Bertz CT molecular complexity index is 1610. The molecule has 3 amide bonds. The number of nitrogens with zero attached hydrogens (tertiary/aromatic N) is 2. The van der Waals surface area contributed by atoms with E-state index in [2.05, 4.69) is 27.9 Å². The molecule has 0 atom stereocenters. The van der Waals surface area contributed by atoms with Crippen molar-refractivity contribution in [2.75, 3.05) is 25.3 Å². The fraction of sp³-hybridized carbons (Fsp3) is 0.179. The van der Waals surface area contributed by atoms with Gasteiger partial charge < -0.3 is 24.3 Å². The van der Waals surface area contributed by atoms with E-state index >= 15 is 0 Å². The van der Waals surface area contributed by atoms with Gasteiger partial charge in [0.25, 0.3) is 16.8 Å². The molecule has 0 unspecified atom stereocenters. The number of amides is 3. The van der Waals surface area contributed by atoms with Gasteiger partial charge in [0, 0.05) is 23.9 Å². The summed E-state index contributed by atoms with van der Waals surface area (Å²) < 4.78 is 23.0. The molecule has 1 N–H and O–H groups in total. The Balaban J connectivity index is 1.27. The number of imide groups is 1. The van der Waals surface area contributed by atoms with Gasteiger partial charge in [0.1, 0.15) is 13.2 Å². The van der Waals surface area contributed by atoms with Crippen molar-refractivity contribution in [1.82, 2.24) is 4.90 Å². The highest BCUT2D eigenvalue weighted by Crippen LogP contribution is 2.38. The normalized spacial score (nSPS) is 14.8. The molecule has 0 bridgehead atoms. The molecule has 0 radical (unpaired) electrons. The summed E-state index contributed by atoms with van der Waals surface area (Å²) in [5.41, 5.74) is 1.77. The monoisotopic (exact) mass is 703 g/mol. The van der Waals surface area contributed by atoms with Crippen molar-refractivity contribution in [2.45, 2.75) is 13.5 Å². The number of carbonyl (C=O) groups is 3. The zero-order chi connectivity index (χ0) is 29.8. The standard InChI is InChI=1S/C28H22IN3O9S/c1-2-38-23-10-17(9-20(29)26(23)39-14-16-3-6-19(7-4-16)32(36)37)11-24-27(34)31(28(35)42-24)13-25(33)30-18-5-8-21-22(12-18)41-15-40-21/h3-12H,2,13-15H2,1H3,(H,30,33)/b24-11+. The lowest BCUT2D eigenvalue weighted by atomic mass is 10.1. The summed E-state index contributed by atoms with van der Waals surface area (Å²) in [7, 11) is 0. The average Bonchev–Trinajstić information content (AvgIpc) is 3.52. The maximum absolute atomic E-state index is 13.0. The number of nitro benzene ring substituents is 1. The van der Waals surface area contributed by atoms with Gasteiger partial charge in [-0.1, -0.05) is 0 Å². The van der Waals surface area contributed by atoms with E-state index in [-0.39, 0.29) is 24.0 Å². The number of nitro groups is 1. The first-order valence-electron chi connectivity index (χ1n) is 12.5. The first kappa shape index (κ1) is 29.2. The van der Waals surface area contributed by atoms with E-state index in [1.165, 1.54) is 12.1 Å². The number of thioether (sulfide) groups is 1. The SMILES string of the molecule is CCOc1cc(/C=C2/SC(=O)N(CC(=O)Nc3ccc4c(c3)OCO4)C2=O)cc(I)c1OCc1ccc([N+](=O)[O-])cc1. The maximum Gasteiger partial charge on any atom is 0.294 e. The van der Waals surface area contributed by atoms with Crippen molar-refractivity contribution < 1.29 is 38.3 Å². The second-order valence-corrected chi connectivity index (χ2v) is 11.0. The zero-order valence-corrected chi connectivity index (χ0v) is 24.9. The van der Waals surface area contributed by atoms with E-state index in [4.69, 9.17) is 18.9 Å². The van der Waals surface area contributed by atoms with Crippen LogP contribution in [0.1, 0.15) is 18.1 Å². The van der Waals surface area contributed by atoms with Crippen LogP contribution in [0.3, 0.4) is 0 Å². The maximum atomic E-state index is 13.0. The Hall–Kier alpha value is -4.31. The highest BCUT2D eigenvalue weighted by Gasteiger charge is 2.36. The second-order valence-electron chi connectivity index (χ2n) is 8.86. The quantitative estimate of drug-likeness (QED) is 0.123. The molecule has 0 spiro atoms. The topological polar surface area (TPSA) is 147 Å². The lowest BCUT2D eigenvalue weighted by molar-refractivity contribution is -0.384. The van der Waals surface area contributed by atoms with Crippen LogP contribution >= 0.6 is 34.4 Å². The predicted octanol–water partition coefficient (Wildman–Crippen LogP) is 5.58. The van der Waals surface area contributed by atoms with Gasteiger partial charge in [-0.05, 0) is 94.9 Å². The second kappa shape index (κ2) is 12.7. The molecule has 42 heavy (non-hydrogen) atoms. The fourth-order valence-electron chi connectivity index (χ4n) is 4.05. The lowest BCUT2D eigenvalue weighted by Gasteiger charge is -2.15. The number of halogens is 1. The van der Waals surface area contributed by atoms with Gasteiger partial charge in [0.15, 0.2) is 23.0 Å². The highest BCUT2D eigenvalue weighted by atomic mass is 127. The highest BCUT2D eigenvalue weighted by molar-refractivity contribution is 14.1. The average molecular weight is 703 g/mol. The summed E-state index contributed by atoms with van der Waals surface area (Å²) in [6, 6.07) is 14.4. The smallest absolute Gasteiger partial charge is 0.294 e. The summed E-state index contributed by atoms with van der Waals surface area (Å²) in [6.45, 7) is 1.97. The number of carbonyl (C=O) groups excluding carboxylic acids is 3. The van der Waals surface area contributed by atoms with Crippen molar-refractivity contribution >= 4 is 68.9 Å². The Kier molecular flexibility index (Phi) is 8.82. The van der Waals surface area contributed by atoms with Crippen molar-refractivity contribution in [3.63, 3.8) is 0 Å². The summed E-state index contributed by atoms with van der Waals surface area (Å²) in [6.07, 6.45) is 1.56. The molecule has 3 aromatic rings. The Morgan fingerprint density at radius 3 is 2.62 bits per heavy atom. The number of hydrogen-bond acceptors (Lipinski definition) is 10. The van der Waals surface area contributed by atoms with Crippen LogP contribution in [-0.4, -0.2) is 46.8 Å². The van der Waals surface area contributed by atoms with Gasteiger partial charge in [-0.2, -0.15) is 0 Å². The molecular formula is C28H22IN3O9S. The van der Waals surface area contributed by atoms with E-state index in [0.717, 1.165) is 22.2 Å². The number of fused-ring (bicyclic) bond motifs is 1. The van der Waals surface area contributed by atoms with E-state index in [1.807, 2.05) is 6.92 Å². The minimum atomic E-state index is -0.586. The summed E-state index contributed by atoms with van der Waals surface area (Å²) >= 11 is 2.82. The van der Waals surface area contributed by atoms with Gasteiger partial charge in [-0.3, -0.25) is 29.4 Å². The molecule has 0 saturated carbocycles. The third kappa shape index (κ3) is 6.60. The largest absolute Gasteiger partial charge is 0.490 e. The summed E-state index contributed by atoms with van der Waals surface area (Å²) in [5.74, 6) is 0.833. The third-order valence-corrected chi connectivity index (χ3v) is 7.70. The number of nitrogens with one attached hydrogen (secondary N) is 1. The van der Waals surface area contributed by atoms with Gasteiger partial charge in [0.2, 0.25) is 12.7 Å². The van der Waals surface area contributed by atoms with Crippen LogP contribution in [0.15, 0.2) is 59.5 Å². The van der Waals surface area contributed by atoms with Crippen LogP contribution < -0.4 is 24.3 Å². The van der Waals surface area contributed by atoms with Gasteiger partial charge >= 0.3 is 0 Å². The molecule has 1 saturated heterocycles. The minimum Gasteiger partial charge on any atom is -0.490 e. The predicted molar refractivity (Wildman–Crippen MR) is 162 cm³/mol. The van der Waals surface area contributed by atoms with Crippen LogP contribution in [0.5, 0.6) is 23.0 Å². The van der Waals surface area contributed by atoms with E-state index in [1.54, 1.807) is 48.5 Å². The fourth-order valence-corrected chi connectivity index (χ4v) is 5.67. The van der Waals surface area contributed by atoms with E-state index in [0.29, 0.717) is 44.4 Å². The van der Waals surface area contributed by atoms with Gasteiger partial charge in [-0.25, -0.2) is 0 Å². The Morgan fingerprint density at radius 1 is 1.12 bits per heavy atom. The Morgan fingerprint density at radius 2 is 1.88 bits per heavy atom. The van der Waals surface area contributed by atoms with E-state index in [9.17, 15) is 24.5 Å². The molecule has 2 heterocycles. The Labute approximate surface area is 257 Å². The zero-order valence-electron chi connectivity index (χ0n) is 22.0. The number of rotatable bonds is 10. The molecule has 0 aromatic heterocycles. The molecule has 14 heteroatoms. The van der Waals surface area contributed by atoms with Crippen molar-refractivity contribution in [1.29, 1.82) is 0 Å². The molecule has 12 nitrogen and oxygen atoms in total. The molecule has 216 valence electrons. The molecule has 2 aliphatic heterocycles. The molecular weight excluding hydrogens is 681 g/mol. The molecule has 1 fully saturated rings. The van der Waals surface area contributed by atoms with E-state index < -0.39 is 28.5 Å². The first-order chi connectivity index (χ1) is 20.2. The van der Waals surface area contributed by atoms with Crippen LogP contribution in [0, 0.1) is 13.7 Å². The van der Waals surface area contributed by atoms with Crippen molar-refractivity contribution in [3.8, 4) is 23.0 Å². The molecule has 2 aliphatic rings. The number of anilines is 1. The van der Waals surface area contributed by atoms with Crippen LogP contribution in [0.25, 0.3) is 6.08 Å². The lowest BCUT2D eigenvalue weighted by Crippen LogP contribution is -2.36. The summed E-state index contributed by atoms with van der Waals surface area (Å²) in [4.78, 5) is 49.8. The number of benzene rings is 3. The van der Waals surface area contributed by atoms with Gasteiger partial charge in [-0.15, -0.1) is 0 Å². The minimum absolute atomic E-state index is 0.0116. The van der Waals surface area contributed by atoms with Gasteiger partial charge in [0.05, 0.1) is 20.0 Å². The molecule has 3 aromatic carbocycles. The molecule has 0 aliphatic carbocycles. The van der Waals surface area contributed by atoms with Crippen LogP contribution in [0.4, 0.5) is 16.2 Å². The third-order valence-electron chi connectivity index (χ3n) is 5.99. The van der Waals surface area contributed by atoms with Crippen molar-refractivity contribution in [3.05, 3.63) is 84.3 Å². The van der Waals surface area contributed by atoms with Crippen molar-refractivity contribution in [2.24, 2.45) is 0 Å². The molecule has 5 rings (SSSR count). The number of ether oxygens (including phenoxy) is 4. The number of non-ortho nitro benzene ring substituents is 1. The van der Waals surface area contributed by atoms with Crippen LogP contribution in [-0.2, 0) is 16.2 Å². The summed E-state index contributed by atoms with van der Waals surface area (Å²) in [5, 5.41) is 13.0. The number of hydrogen-bond donors (Lipinski definition) is 1.